The van der Waals surface area contributed by atoms with Gasteiger partial charge < -0.3 is 14.2 Å². The molecule has 0 amide bonds. The summed E-state index contributed by atoms with van der Waals surface area (Å²) in [4.78, 5) is 7.54. The van der Waals surface area contributed by atoms with Crippen molar-refractivity contribution in [2.45, 2.75) is 131 Å². The first-order valence-corrected chi connectivity index (χ1v) is 33.9. The van der Waals surface area contributed by atoms with E-state index in [1.54, 1.807) is 0 Å². The van der Waals surface area contributed by atoms with Crippen LogP contribution in [0.15, 0.2) is 200 Å². The Morgan fingerprint density at radius 1 is 0.400 bits per heavy atom. The van der Waals surface area contributed by atoms with E-state index >= 15 is 0 Å². The number of nitrogens with zero attached hydrogens (tertiary/aromatic N) is 4. The first kappa shape index (κ1) is 55.7. The predicted molar refractivity (Wildman–Crippen MR) is 368 cm³/mol. The Morgan fingerprint density at radius 3 is 1.53 bits per heavy atom. The van der Waals surface area contributed by atoms with Crippen molar-refractivity contribution in [3.8, 4) is 39.6 Å². The largest absolute Gasteiger partial charge is 0.457 e. The molecule has 4 heterocycles. The maximum atomic E-state index is 7.23. The van der Waals surface area contributed by atoms with Gasteiger partial charge in [0.25, 0.3) is 0 Å². The SMILES string of the molecule is CC(C)(C)c1cc(-c2cc(C(C)(C)C)cc(C(C)(C)C)c2)cc(-c2cccc3c4ccccc4c4ccccc4c4cccc5c4n(c23)CN5c2cc(Oc3ccc4c5ccccc5n(-c5cc(C(C)(C)C)ccn5)c4c3)cc([Si](C)(C)C)c2)c1. The van der Waals surface area contributed by atoms with E-state index < -0.39 is 8.07 Å². The Bertz CT molecular complexity index is 4720. The molecule has 0 fully saturated rings. The Kier molecular flexibility index (Phi) is 13.2. The third-order valence-electron chi connectivity index (χ3n) is 17.8. The van der Waals surface area contributed by atoms with Gasteiger partial charge in [0.1, 0.15) is 24.0 Å². The molecule has 0 aliphatic carbocycles. The quantitative estimate of drug-likeness (QED) is 0.149. The van der Waals surface area contributed by atoms with Crippen LogP contribution in [0.4, 0.5) is 11.4 Å². The van der Waals surface area contributed by atoms with Crippen LogP contribution in [0.25, 0.3) is 93.2 Å². The van der Waals surface area contributed by atoms with E-state index in [2.05, 4.69) is 311 Å². The number of aromatic nitrogens is 3. The molecule has 0 N–H and O–H groups in total. The Balaban J connectivity index is 1.05. The second-order valence-electron chi connectivity index (χ2n) is 29.1. The highest BCUT2D eigenvalue weighted by atomic mass is 28.3. The molecule has 3 aromatic heterocycles. The summed E-state index contributed by atoms with van der Waals surface area (Å²) >= 11 is 0. The average molecular weight is 1130 g/mol. The van der Waals surface area contributed by atoms with Crippen LogP contribution in [0.5, 0.6) is 11.5 Å². The molecule has 0 unspecified atom stereocenters. The molecule has 1 aliphatic heterocycles. The fourth-order valence-corrected chi connectivity index (χ4v) is 14.0. The van der Waals surface area contributed by atoms with Gasteiger partial charge in [-0.05, 0) is 137 Å². The summed E-state index contributed by atoms with van der Waals surface area (Å²) < 4.78 is 12.2. The molecule has 6 heteroatoms. The van der Waals surface area contributed by atoms with Crippen LogP contribution in [-0.2, 0) is 28.3 Å². The van der Waals surface area contributed by atoms with E-state index in [-0.39, 0.29) is 21.7 Å². The molecule has 85 heavy (non-hydrogen) atoms. The van der Waals surface area contributed by atoms with Gasteiger partial charge in [-0.25, -0.2) is 4.98 Å². The van der Waals surface area contributed by atoms with E-state index in [1.807, 2.05) is 6.20 Å². The zero-order chi connectivity index (χ0) is 59.7. The van der Waals surface area contributed by atoms with Crippen LogP contribution in [0.1, 0.15) is 105 Å². The number of fused-ring (bicyclic) bond motifs is 10. The molecule has 9 aromatic carbocycles. The third-order valence-corrected chi connectivity index (χ3v) is 19.8. The summed E-state index contributed by atoms with van der Waals surface area (Å²) in [7, 11) is -1.96. The standard InChI is InChI=1S/C79H80N4OSi/c1-76(2,3)53-36-37-80-73(44-53)83-70-32-21-20-28-66(70)67-35-34-58(48-72(67)83)84-59-45-57(46-60(47-59)85(13,14)15)81-49-82-74-61(52-38-50(39-54(42-52)77(4,5)6)51-40-55(78(7,8)9)43-56(41-51)79(10,11)12)29-22-30-68(74)64-26-18-16-24-62(64)63-25-17-19-27-65(63)69-31-23-33-71(81)75(69)82/h16-48H,49H2,1-15H3. The number of hydrogen-bond donors (Lipinski definition) is 0. The lowest BCUT2D eigenvalue weighted by Gasteiger charge is -2.27. The minimum atomic E-state index is -1.96. The molecule has 0 bridgehead atoms. The highest BCUT2D eigenvalue weighted by Gasteiger charge is 2.30. The second-order valence-corrected chi connectivity index (χ2v) is 34.1. The van der Waals surface area contributed by atoms with Gasteiger partial charge in [0.2, 0.25) is 0 Å². The third kappa shape index (κ3) is 10.1. The summed E-state index contributed by atoms with van der Waals surface area (Å²) in [6, 6.07) is 73.4. The van der Waals surface area contributed by atoms with Crippen LogP contribution in [0.3, 0.4) is 0 Å². The zero-order valence-corrected chi connectivity index (χ0v) is 53.5. The maximum absolute atomic E-state index is 7.23. The highest BCUT2D eigenvalue weighted by Crippen LogP contribution is 2.47. The number of hydrogen-bond acceptors (Lipinski definition) is 3. The zero-order valence-electron chi connectivity index (χ0n) is 52.5. The molecular weight excluding hydrogens is 1050 g/mol. The molecule has 13 rings (SSSR count). The number of para-hydroxylation sites is 3. The minimum Gasteiger partial charge on any atom is -0.457 e. The molecular formula is C79H80N4OSi. The Hall–Kier alpha value is -8.45. The number of anilines is 2. The van der Waals surface area contributed by atoms with Crippen molar-refractivity contribution in [2.24, 2.45) is 0 Å². The Morgan fingerprint density at radius 2 is 0.918 bits per heavy atom. The molecule has 1 aliphatic rings. The van der Waals surface area contributed by atoms with Crippen molar-refractivity contribution in [1.82, 2.24) is 14.1 Å². The van der Waals surface area contributed by atoms with E-state index in [1.165, 1.54) is 98.4 Å². The fraction of sp³-hybridized carbons (Fsp3) is 0.253. The summed E-state index contributed by atoms with van der Waals surface area (Å²) in [6.45, 7) is 35.7. The van der Waals surface area contributed by atoms with Crippen LogP contribution >= 0.6 is 0 Å². The summed E-state index contributed by atoms with van der Waals surface area (Å²) in [5, 5.41) is 11.0. The lowest BCUT2D eigenvalue weighted by molar-refractivity contribution is 0.483. The molecule has 0 radical (unpaired) electrons. The van der Waals surface area contributed by atoms with Crippen LogP contribution in [0.2, 0.25) is 19.6 Å². The van der Waals surface area contributed by atoms with Crippen molar-refractivity contribution in [2.75, 3.05) is 4.90 Å². The van der Waals surface area contributed by atoms with Crippen LogP contribution in [-0.4, -0.2) is 22.2 Å². The van der Waals surface area contributed by atoms with Gasteiger partial charge in [-0.3, -0.25) is 4.57 Å². The number of rotatable bonds is 7. The number of pyridine rings is 1. The van der Waals surface area contributed by atoms with E-state index in [4.69, 9.17) is 9.72 Å². The second kappa shape index (κ2) is 20.1. The van der Waals surface area contributed by atoms with Crippen molar-refractivity contribution in [3.05, 3.63) is 223 Å². The first-order chi connectivity index (χ1) is 40.3. The monoisotopic (exact) mass is 1130 g/mol. The lowest BCUT2D eigenvalue weighted by atomic mass is 9.78. The molecule has 0 saturated heterocycles. The molecule has 0 atom stereocenters. The van der Waals surface area contributed by atoms with Crippen LogP contribution < -0.4 is 14.8 Å². The molecule has 5 nitrogen and oxygen atoms in total. The molecule has 426 valence electrons. The van der Waals surface area contributed by atoms with Gasteiger partial charge in [-0.15, -0.1) is 0 Å². The van der Waals surface area contributed by atoms with Gasteiger partial charge >= 0.3 is 0 Å². The minimum absolute atomic E-state index is 0.0262. The maximum Gasteiger partial charge on any atom is 0.137 e. The van der Waals surface area contributed by atoms with Crippen molar-refractivity contribution >= 4 is 89.8 Å². The van der Waals surface area contributed by atoms with Crippen molar-refractivity contribution < 1.29 is 4.74 Å². The van der Waals surface area contributed by atoms with Crippen molar-refractivity contribution in [3.63, 3.8) is 0 Å². The van der Waals surface area contributed by atoms with Gasteiger partial charge in [0, 0.05) is 51.1 Å². The lowest BCUT2D eigenvalue weighted by Crippen LogP contribution is -2.38. The van der Waals surface area contributed by atoms with E-state index in [0.29, 0.717) is 6.67 Å². The fourth-order valence-electron chi connectivity index (χ4n) is 12.8. The molecule has 12 aromatic rings. The average Bonchev–Trinajstić information content (AvgIpc) is 3.57. The van der Waals surface area contributed by atoms with Gasteiger partial charge in [0.05, 0.1) is 35.8 Å². The predicted octanol–water partition coefficient (Wildman–Crippen LogP) is 21.7. The van der Waals surface area contributed by atoms with Crippen LogP contribution in [0, 0.1) is 0 Å². The summed E-state index contributed by atoms with van der Waals surface area (Å²) in [6.07, 6.45) is 1.94. The normalized spacial score (nSPS) is 13.3. The Labute approximate surface area is 503 Å². The molecule has 0 saturated carbocycles. The van der Waals surface area contributed by atoms with Crippen molar-refractivity contribution in [1.29, 1.82) is 0 Å². The van der Waals surface area contributed by atoms with Gasteiger partial charge in [-0.1, -0.05) is 235 Å². The van der Waals surface area contributed by atoms with Gasteiger partial charge in [0.15, 0.2) is 0 Å². The topological polar surface area (TPSA) is 35.2 Å². The first-order valence-electron chi connectivity index (χ1n) is 30.4. The highest BCUT2D eigenvalue weighted by molar-refractivity contribution is 6.88. The summed E-state index contributed by atoms with van der Waals surface area (Å²) in [5.74, 6) is 2.49. The smallest absolute Gasteiger partial charge is 0.137 e. The number of benzene rings is 9. The number of ether oxygens (including phenoxy) is 1. The molecule has 0 spiro atoms. The summed E-state index contributed by atoms with van der Waals surface area (Å²) in [5.41, 5.74) is 16.7. The van der Waals surface area contributed by atoms with E-state index in [0.717, 1.165) is 45.1 Å². The van der Waals surface area contributed by atoms with Gasteiger partial charge in [-0.2, -0.15) is 0 Å². The van der Waals surface area contributed by atoms with E-state index in [9.17, 15) is 0 Å².